The molecule has 10 heavy (non-hydrogen) atoms. The molecule has 0 aliphatic heterocycles. The van der Waals surface area contributed by atoms with E-state index in [1.165, 1.54) is 18.5 Å². The Balaban J connectivity index is -0.000000245. The maximum atomic E-state index is 3.08. The smallest absolute Gasteiger partial charge is 1.00 e. The van der Waals surface area contributed by atoms with Crippen LogP contribution in [0.5, 0.6) is 0 Å². The zero-order valence-corrected chi connectivity index (χ0v) is 10.6. The SMILES string of the molecule is CC[PH]([Al+2])(CC)CC.[Cl-].[Cl-]. The average Bonchev–Trinajstić information content (AvgIpc) is 1.87. The van der Waals surface area contributed by atoms with Crippen molar-refractivity contribution in [3.8, 4) is 0 Å². The molecule has 0 unspecified atom stereocenters. The topological polar surface area (TPSA) is 0 Å². The molecule has 4 heteroatoms. The molecule has 0 rings (SSSR count). The van der Waals surface area contributed by atoms with Gasteiger partial charge in [-0.3, -0.25) is 0 Å². The van der Waals surface area contributed by atoms with Crippen LogP contribution in [-0.2, 0) is 0 Å². The van der Waals surface area contributed by atoms with Crippen LogP contribution >= 0.6 is 5.91 Å². The van der Waals surface area contributed by atoms with Crippen molar-refractivity contribution < 1.29 is 24.8 Å². The standard InChI is InChI=1S/C6H15P.Al.2ClH/c1-4-7(5-2)6-3;;;/h4-6H2,1-3H3;;2*1H/q;+1;;/p-1. The largest absolute Gasteiger partial charge is 1.00 e. The van der Waals surface area contributed by atoms with Gasteiger partial charge in [0, 0.05) is 0 Å². The van der Waals surface area contributed by atoms with Crippen molar-refractivity contribution >= 4 is 21.8 Å². The second-order valence-electron chi connectivity index (χ2n) is 2.42. The first-order valence-electron chi connectivity index (χ1n) is 3.47. The summed E-state index contributed by atoms with van der Waals surface area (Å²) in [7, 11) is 0. The summed E-state index contributed by atoms with van der Waals surface area (Å²) in [4.78, 5) is 0. The minimum atomic E-state index is -0.755. The van der Waals surface area contributed by atoms with Crippen molar-refractivity contribution in [2.24, 2.45) is 0 Å². The Labute approximate surface area is 85.7 Å². The van der Waals surface area contributed by atoms with Gasteiger partial charge in [0.15, 0.2) is 0 Å². The van der Waals surface area contributed by atoms with E-state index in [1.807, 2.05) is 0 Å². The van der Waals surface area contributed by atoms with Gasteiger partial charge in [0.2, 0.25) is 0 Å². The fourth-order valence-corrected chi connectivity index (χ4v) is 2.25. The molecule has 0 aromatic carbocycles. The predicted molar refractivity (Wildman–Crippen MR) is 45.7 cm³/mol. The molecule has 0 saturated carbocycles. The summed E-state index contributed by atoms with van der Waals surface area (Å²) in [6, 6.07) is 0. The van der Waals surface area contributed by atoms with Crippen LogP contribution in [0.2, 0.25) is 0 Å². The first kappa shape index (κ1) is 17.6. The molecule has 0 aromatic heterocycles. The summed E-state index contributed by atoms with van der Waals surface area (Å²) in [5.41, 5.74) is 0. The third-order valence-electron chi connectivity index (χ3n) is 2.11. The van der Waals surface area contributed by atoms with Crippen molar-refractivity contribution in [1.82, 2.24) is 0 Å². The zero-order chi connectivity index (χ0) is 6.62. The minimum absolute atomic E-state index is 0. The van der Waals surface area contributed by atoms with Gasteiger partial charge in [-0.1, -0.05) is 0 Å². The van der Waals surface area contributed by atoms with Gasteiger partial charge in [0.05, 0.1) is 0 Å². The van der Waals surface area contributed by atoms with Gasteiger partial charge >= 0.3 is 61.0 Å². The molecule has 0 atom stereocenters. The van der Waals surface area contributed by atoms with Gasteiger partial charge < -0.3 is 24.8 Å². The van der Waals surface area contributed by atoms with Crippen LogP contribution in [0.25, 0.3) is 0 Å². The number of halogens is 2. The van der Waals surface area contributed by atoms with Crippen molar-refractivity contribution in [3.05, 3.63) is 0 Å². The van der Waals surface area contributed by atoms with E-state index in [1.54, 1.807) is 0 Å². The summed E-state index contributed by atoms with van der Waals surface area (Å²) in [6.07, 6.45) is 4.26. The maximum Gasteiger partial charge on any atom is -1.00 e. The number of hydrogen-bond donors (Lipinski definition) is 0. The summed E-state index contributed by atoms with van der Waals surface area (Å²) in [5.74, 6) is -0.755. The van der Waals surface area contributed by atoms with Gasteiger partial charge in [-0.15, -0.1) is 0 Å². The first-order chi connectivity index (χ1) is 3.68. The molecule has 0 nitrogen and oxygen atoms in total. The summed E-state index contributed by atoms with van der Waals surface area (Å²) >= 11 is 3.08. The fraction of sp³-hybridized carbons (Fsp3) is 1.00. The Morgan fingerprint density at radius 1 is 0.900 bits per heavy atom. The van der Waals surface area contributed by atoms with Crippen LogP contribution in [0.3, 0.4) is 0 Å². The Morgan fingerprint density at radius 2 is 1.10 bits per heavy atom. The van der Waals surface area contributed by atoms with Crippen LogP contribution < -0.4 is 24.8 Å². The third kappa shape index (κ3) is 6.27. The molecule has 0 radical (unpaired) electrons. The third-order valence-corrected chi connectivity index (χ3v) is 10.0. The summed E-state index contributed by atoms with van der Waals surface area (Å²) in [6.45, 7) is 6.94. The number of hydrogen-bond acceptors (Lipinski definition) is 0. The Morgan fingerprint density at radius 3 is 1.10 bits per heavy atom. The molecule has 0 heterocycles. The molecule has 0 amide bonds. The molecule has 0 aliphatic rings. The Bertz CT molecular complexity index is 58.5. The van der Waals surface area contributed by atoms with Crippen LogP contribution in [0, 0.1) is 0 Å². The van der Waals surface area contributed by atoms with Crippen molar-refractivity contribution in [1.29, 1.82) is 0 Å². The van der Waals surface area contributed by atoms with Gasteiger partial charge in [-0.25, -0.2) is 0 Å². The molecular weight excluding hydrogens is 201 g/mol. The van der Waals surface area contributed by atoms with E-state index < -0.39 is 5.91 Å². The second kappa shape index (κ2) is 8.64. The van der Waals surface area contributed by atoms with Crippen LogP contribution in [0.1, 0.15) is 20.8 Å². The minimum Gasteiger partial charge on any atom is -1.00 e. The molecule has 0 bridgehead atoms. The van der Waals surface area contributed by atoms with E-state index in [2.05, 4.69) is 36.6 Å². The fourth-order valence-electron chi connectivity index (χ4n) is 0.750. The van der Waals surface area contributed by atoms with Gasteiger partial charge in [-0.05, 0) is 0 Å². The van der Waals surface area contributed by atoms with E-state index in [0.29, 0.717) is 0 Å². The molecule has 0 fully saturated rings. The normalized spacial score (nSPS) is 11.3. The molecule has 0 aromatic rings. The summed E-state index contributed by atoms with van der Waals surface area (Å²) in [5, 5.41) is 0. The van der Waals surface area contributed by atoms with Gasteiger partial charge in [-0.2, -0.15) is 0 Å². The molecule has 0 N–H and O–H groups in total. The maximum absolute atomic E-state index is 3.08. The van der Waals surface area contributed by atoms with Crippen LogP contribution in [0.4, 0.5) is 0 Å². The zero-order valence-electron chi connectivity index (χ0n) is 6.95. The van der Waals surface area contributed by atoms with Crippen molar-refractivity contribution in [2.75, 3.05) is 18.5 Å². The molecule has 0 spiro atoms. The van der Waals surface area contributed by atoms with Gasteiger partial charge in [0.25, 0.3) is 0 Å². The van der Waals surface area contributed by atoms with E-state index in [-0.39, 0.29) is 24.8 Å². The monoisotopic (exact) mass is 216 g/mol. The van der Waals surface area contributed by atoms with E-state index in [9.17, 15) is 0 Å². The van der Waals surface area contributed by atoms with E-state index in [0.717, 1.165) is 0 Å². The number of rotatable bonds is 3. The molecule has 0 saturated heterocycles. The van der Waals surface area contributed by atoms with E-state index in [4.69, 9.17) is 0 Å². The van der Waals surface area contributed by atoms with E-state index >= 15 is 0 Å². The van der Waals surface area contributed by atoms with Crippen LogP contribution in [0.15, 0.2) is 0 Å². The van der Waals surface area contributed by atoms with Crippen molar-refractivity contribution in [2.45, 2.75) is 20.8 Å². The second-order valence-corrected chi connectivity index (χ2v) is 10.9. The predicted octanol–water partition coefficient (Wildman–Crippen LogP) is -4.11. The quantitative estimate of drug-likeness (QED) is 0.333. The van der Waals surface area contributed by atoms with Crippen LogP contribution in [-0.4, -0.2) is 34.3 Å². The Hall–Kier alpha value is 1.54. The summed E-state index contributed by atoms with van der Waals surface area (Å²) < 4.78 is 0. The van der Waals surface area contributed by atoms with Gasteiger partial charge in [0.1, 0.15) is 0 Å². The molecule has 62 valence electrons. The Kier molecular flexibility index (Phi) is 15.2. The molecular formula is C6H16AlCl2P. The average molecular weight is 217 g/mol. The molecule has 0 aliphatic carbocycles. The first-order valence-corrected chi connectivity index (χ1v) is 7.90. The van der Waals surface area contributed by atoms with Crippen molar-refractivity contribution in [3.63, 3.8) is 0 Å².